The molecule has 16 nitrogen and oxygen atoms in total. The highest BCUT2D eigenvalue weighted by molar-refractivity contribution is 6.05. The Bertz CT molecular complexity index is 2160. The summed E-state index contributed by atoms with van der Waals surface area (Å²) >= 11 is 0. The minimum Gasteiger partial charge on any atom is -0.445 e. The molecule has 0 unspecified atom stereocenters. The standard InChI is InChI=1S/C46H58N8O8/c1-4-29(2)40(44(59)48-3)53-42(57)36(26-32-27-49-34-20-12-11-19-33(32)34)50-43(58)38(21-13-14-24-47)54-39(55)23-22-35(52-46(61)62-28-31-17-9-6-10-18-31)41(56)51-37(45(54)60)25-30-15-7-5-8-16-30/h5-12,15-20,27,29,35-38,40,49H,4,13-14,21-26,28,47H2,1-3H3,(H,48,59)(H,50,58)(H,51,56)(H,52,61)(H,53,57)/t29-,35-,36+,37-,38+,40+/m1/s1. The van der Waals surface area contributed by atoms with Crippen LogP contribution in [0.2, 0.25) is 0 Å². The van der Waals surface area contributed by atoms with E-state index >= 15 is 0 Å². The molecule has 4 aromatic rings. The molecule has 7 amide bonds. The van der Waals surface area contributed by atoms with Gasteiger partial charge in [0.25, 0.3) is 5.91 Å². The Kier molecular flexibility index (Phi) is 17.2. The van der Waals surface area contributed by atoms with Crippen LogP contribution in [0.15, 0.2) is 91.1 Å². The van der Waals surface area contributed by atoms with Crippen LogP contribution >= 0.6 is 0 Å². The molecule has 330 valence electrons. The molecule has 5 rings (SSSR count). The summed E-state index contributed by atoms with van der Waals surface area (Å²) in [4.78, 5) is 102. The highest BCUT2D eigenvalue weighted by atomic mass is 16.5. The number of fused-ring (bicyclic) bond motifs is 1. The minimum atomic E-state index is -1.43. The Balaban J connectivity index is 1.48. The minimum absolute atomic E-state index is 0.000377. The smallest absolute Gasteiger partial charge is 0.408 e. The van der Waals surface area contributed by atoms with Crippen molar-refractivity contribution in [1.82, 2.24) is 36.5 Å². The number of aromatic nitrogens is 1. The van der Waals surface area contributed by atoms with E-state index in [9.17, 15) is 33.6 Å². The summed E-state index contributed by atoms with van der Waals surface area (Å²) < 4.78 is 5.37. The number of H-pyrrole nitrogens is 1. The zero-order chi connectivity index (χ0) is 44.6. The zero-order valence-electron chi connectivity index (χ0n) is 35.5. The van der Waals surface area contributed by atoms with Crippen molar-refractivity contribution in [2.45, 2.75) is 102 Å². The number of unbranched alkanes of at least 4 members (excludes halogenated alkanes) is 1. The molecule has 62 heavy (non-hydrogen) atoms. The van der Waals surface area contributed by atoms with Crippen LogP contribution in [0, 0.1) is 5.92 Å². The molecule has 0 saturated carbocycles. The SMILES string of the molecule is CC[C@@H](C)[C@H](NC(=O)[C@H](Cc1c[nH]c2ccccc12)NC(=O)[C@H](CCCCN)N1C(=O)CC[C@@H](NC(=O)OCc2ccccc2)C(=O)N[C@H](Cc2ccccc2)C1=O)C(=O)NC. The van der Waals surface area contributed by atoms with Crippen molar-refractivity contribution in [3.63, 3.8) is 0 Å². The van der Waals surface area contributed by atoms with Crippen molar-refractivity contribution in [3.8, 4) is 0 Å². The maximum Gasteiger partial charge on any atom is 0.408 e. The number of para-hydroxylation sites is 1. The first-order valence-electron chi connectivity index (χ1n) is 21.2. The van der Waals surface area contributed by atoms with E-state index in [1.165, 1.54) is 7.05 Å². The molecular weight excluding hydrogens is 793 g/mol. The van der Waals surface area contributed by atoms with Gasteiger partial charge in [0.15, 0.2) is 0 Å². The molecule has 0 bridgehead atoms. The molecule has 0 aliphatic carbocycles. The van der Waals surface area contributed by atoms with Crippen molar-refractivity contribution in [3.05, 3.63) is 108 Å². The van der Waals surface area contributed by atoms with Gasteiger partial charge in [-0.15, -0.1) is 0 Å². The van der Waals surface area contributed by atoms with Gasteiger partial charge in [-0.3, -0.25) is 33.7 Å². The molecule has 1 aliphatic rings. The second-order valence-corrected chi connectivity index (χ2v) is 15.6. The fraction of sp³-hybridized carbons (Fsp3) is 0.413. The number of nitrogens with two attached hydrogens (primary N) is 1. The second kappa shape index (κ2) is 22.9. The number of hydrogen-bond acceptors (Lipinski definition) is 9. The Hall–Kier alpha value is -6.55. The number of amides is 7. The zero-order valence-corrected chi connectivity index (χ0v) is 35.5. The van der Waals surface area contributed by atoms with Gasteiger partial charge in [0, 0.05) is 43.4 Å². The van der Waals surface area contributed by atoms with Crippen LogP contribution in [0.4, 0.5) is 4.79 Å². The van der Waals surface area contributed by atoms with Crippen LogP contribution in [0.3, 0.4) is 0 Å². The van der Waals surface area contributed by atoms with Crippen LogP contribution in [0.25, 0.3) is 10.9 Å². The molecule has 0 radical (unpaired) electrons. The highest BCUT2D eigenvalue weighted by Gasteiger charge is 2.42. The predicted octanol–water partition coefficient (Wildman–Crippen LogP) is 3.14. The van der Waals surface area contributed by atoms with Gasteiger partial charge in [-0.05, 0) is 60.9 Å². The average Bonchev–Trinajstić information content (AvgIpc) is 3.71. The van der Waals surface area contributed by atoms with E-state index in [2.05, 4.69) is 31.6 Å². The maximum atomic E-state index is 14.8. The van der Waals surface area contributed by atoms with Crippen molar-refractivity contribution in [2.75, 3.05) is 13.6 Å². The molecule has 2 heterocycles. The van der Waals surface area contributed by atoms with Gasteiger partial charge in [0.2, 0.25) is 29.5 Å². The first-order chi connectivity index (χ1) is 29.9. The normalized spacial score (nSPS) is 17.6. The molecule has 1 fully saturated rings. The Morgan fingerprint density at radius 2 is 1.55 bits per heavy atom. The van der Waals surface area contributed by atoms with Gasteiger partial charge in [0.1, 0.15) is 36.8 Å². The maximum absolute atomic E-state index is 14.8. The Morgan fingerprint density at radius 1 is 0.871 bits per heavy atom. The number of imide groups is 1. The lowest BCUT2D eigenvalue weighted by Gasteiger charge is -2.33. The van der Waals surface area contributed by atoms with E-state index in [0.717, 1.165) is 21.4 Å². The van der Waals surface area contributed by atoms with Gasteiger partial charge in [-0.25, -0.2) is 4.79 Å². The first kappa shape index (κ1) is 46.5. The summed E-state index contributed by atoms with van der Waals surface area (Å²) in [6.07, 6.45) is 1.56. The van der Waals surface area contributed by atoms with E-state index in [1.54, 1.807) is 60.8 Å². The first-order valence-corrected chi connectivity index (χ1v) is 21.2. The molecule has 6 atom stereocenters. The highest BCUT2D eigenvalue weighted by Crippen LogP contribution is 2.22. The van der Waals surface area contributed by atoms with Gasteiger partial charge in [-0.1, -0.05) is 99.1 Å². The summed E-state index contributed by atoms with van der Waals surface area (Å²) in [5, 5.41) is 14.4. The number of nitrogens with zero attached hydrogens (tertiary/aromatic N) is 1. The number of carbonyl (C=O) groups is 7. The van der Waals surface area contributed by atoms with Crippen LogP contribution in [-0.4, -0.2) is 95.2 Å². The van der Waals surface area contributed by atoms with E-state index in [0.29, 0.717) is 30.4 Å². The van der Waals surface area contributed by atoms with E-state index in [1.807, 2.05) is 44.2 Å². The van der Waals surface area contributed by atoms with Crippen molar-refractivity contribution in [1.29, 1.82) is 0 Å². The summed E-state index contributed by atoms with van der Waals surface area (Å²) in [6, 6.07) is 19.1. The third kappa shape index (κ3) is 12.5. The molecule has 1 aliphatic heterocycles. The monoisotopic (exact) mass is 850 g/mol. The van der Waals surface area contributed by atoms with Gasteiger partial charge < -0.3 is 42.0 Å². The van der Waals surface area contributed by atoms with Crippen LogP contribution < -0.4 is 32.3 Å². The number of benzene rings is 3. The molecule has 1 saturated heterocycles. The number of ether oxygens (including phenoxy) is 1. The van der Waals surface area contributed by atoms with Gasteiger partial charge in [-0.2, -0.15) is 0 Å². The molecule has 3 aromatic carbocycles. The molecular formula is C46H58N8O8. The lowest BCUT2D eigenvalue weighted by atomic mass is 9.96. The van der Waals surface area contributed by atoms with E-state index in [4.69, 9.17) is 10.5 Å². The van der Waals surface area contributed by atoms with Crippen molar-refractivity contribution in [2.24, 2.45) is 11.7 Å². The summed E-state index contributed by atoms with van der Waals surface area (Å²) in [5.74, 6) is -4.38. The summed E-state index contributed by atoms with van der Waals surface area (Å²) in [5.41, 5.74) is 8.76. The Morgan fingerprint density at radius 3 is 2.23 bits per heavy atom. The second-order valence-electron chi connectivity index (χ2n) is 15.6. The lowest BCUT2D eigenvalue weighted by Crippen LogP contribution is -2.61. The average molecular weight is 851 g/mol. The number of aromatic amines is 1. The number of alkyl carbamates (subject to hydrolysis) is 1. The molecule has 8 N–H and O–H groups in total. The third-order valence-corrected chi connectivity index (χ3v) is 11.2. The summed E-state index contributed by atoms with van der Waals surface area (Å²) in [6.45, 7) is 3.94. The quantitative estimate of drug-likeness (QED) is 0.0542. The van der Waals surface area contributed by atoms with Crippen LogP contribution in [0.5, 0.6) is 0 Å². The van der Waals surface area contributed by atoms with Gasteiger partial charge >= 0.3 is 6.09 Å². The van der Waals surface area contributed by atoms with Crippen LogP contribution in [0.1, 0.15) is 69.1 Å². The fourth-order valence-electron chi connectivity index (χ4n) is 7.47. The summed E-state index contributed by atoms with van der Waals surface area (Å²) in [7, 11) is 1.48. The van der Waals surface area contributed by atoms with Gasteiger partial charge in [0.05, 0.1) is 0 Å². The largest absolute Gasteiger partial charge is 0.445 e. The number of rotatable bonds is 19. The molecule has 0 spiro atoms. The molecule has 1 aromatic heterocycles. The number of likely N-dealkylation sites (N-methyl/N-ethyl adjacent to an activating group) is 1. The van der Waals surface area contributed by atoms with E-state index in [-0.39, 0.29) is 44.8 Å². The van der Waals surface area contributed by atoms with E-state index < -0.39 is 78.2 Å². The molecule has 16 heteroatoms. The number of carbonyl (C=O) groups excluding carboxylic acids is 7. The number of nitrogens with one attached hydrogen (secondary N) is 6. The Labute approximate surface area is 361 Å². The van der Waals surface area contributed by atoms with Crippen molar-refractivity contribution >= 4 is 52.4 Å². The topological polar surface area (TPSA) is 234 Å². The number of hydrogen-bond donors (Lipinski definition) is 7. The van der Waals surface area contributed by atoms with Crippen LogP contribution in [-0.2, 0) is 53.0 Å². The van der Waals surface area contributed by atoms with Crippen molar-refractivity contribution < 1.29 is 38.3 Å². The third-order valence-electron chi connectivity index (χ3n) is 11.2. The lowest BCUT2D eigenvalue weighted by molar-refractivity contribution is -0.154. The fourth-order valence-corrected chi connectivity index (χ4v) is 7.47. The predicted molar refractivity (Wildman–Crippen MR) is 233 cm³/mol.